The van der Waals surface area contributed by atoms with E-state index in [4.69, 9.17) is 0 Å². The number of carbonyl (C=O) groups excluding carboxylic acids is 2. The number of hydrogen-bond donors (Lipinski definition) is 3. The van der Waals surface area contributed by atoms with E-state index in [9.17, 15) is 19.5 Å². The van der Waals surface area contributed by atoms with E-state index in [-0.39, 0.29) is 23.6 Å². The van der Waals surface area contributed by atoms with Crippen LogP contribution in [0.3, 0.4) is 0 Å². The van der Waals surface area contributed by atoms with Gasteiger partial charge in [0.05, 0.1) is 11.3 Å². The van der Waals surface area contributed by atoms with Crippen LogP contribution in [0.4, 0.5) is 11.4 Å². The first-order valence-electron chi connectivity index (χ1n) is 7.76. The third-order valence-corrected chi connectivity index (χ3v) is 5.70. The van der Waals surface area contributed by atoms with Crippen LogP contribution in [0.5, 0.6) is 0 Å². The molecule has 2 amide bonds. The number of rotatable bonds is 9. The fourth-order valence-electron chi connectivity index (χ4n) is 2.06. The molecule has 0 atom stereocenters. The number of allylic oxidation sites excluding steroid dienone is 3. The number of amides is 2. The van der Waals surface area contributed by atoms with Crippen molar-refractivity contribution in [1.82, 2.24) is 0 Å². The average molecular weight is 390 g/mol. The molecule has 6 nitrogen and oxygen atoms in total. The largest absolute Gasteiger partial charge is 0.478 e. The molecule has 8 heteroatoms. The highest BCUT2D eigenvalue weighted by Crippen LogP contribution is 2.33. The summed E-state index contributed by atoms with van der Waals surface area (Å²) >= 11 is 0. The van der Waals surface area contributed by atoms with Crippen molar-refractivity contribution in [3.8, 4) is 0 Å². The zero-order chi connectivity index (χ0) is 18.9. The molecule has 0 radical (unpaired) electrons. The van der Waals surface area contributed by atoms with Gasteiger partial charge in [0.25, 0.3) is 0 Å². The van der Waals surface area contributed by atoms with Crippen LogP contribution in [0, 0.1) is 0 Å². The third kappa shape index (κ3) is 6.12. The van der Waals surface area contributed by atoms with Crippen molar-refractivity contribution in [2.45, 2.75) is 12.8 Å². The topological polar surface area (TPSA) is 95.5 Å². The molecule has 1 aromatic carbocycles. The summed E-state index contributed by atoms with van der Waals surface area (Å²) in [6, 6.07) is 4.27. The summed E-state index contributed by atoms with van der Waals surface area (Å²) in [6.45, 7) is 3.34. The van der Waals surface area contributed by atoms with Crippen molar-refractivity contribution < 1.29 is 19.5 Å². The Bertz CT molecular complexity index is 787. The first-order valence-corrected chi connectivity index (χ1v) is 10.1. The van der Waals surface area contributed by atoms with Crippen LogP contribution in [0.15, 0.2) is 54.0 Å². The quantitative estimate of drug-likeness (QED) is 0.334. The molecule has 1 aliphatic rings. The van der Waals surface area contributed by atoms with Gasteiger partial charge in [-0.1, -0.05) is 46.4 Å². The summed E-state index contributed by atoms with van der Waals surface area (Å²) in [5.74, 6) is -1.29. The Hall–Kier alpha value is -2.45. The number of nitrogens with one attached hydrogen (secondary N) is 2. The van der Waals surface area contributed by atoms with E-state index in [0.29, 0.717) is 11.4 Å². The molecule has 0 saturated heterocycles. The Morgan fingerprint density at radius 3 is 2.73 bits per heavy atom. The molecule has 0 saturated carbocycles. The number of carboxylic acid groups (broad SMARTS) is 1. The second-order valence-electron chi connectivity index (χ2n) is 5.21. The van der Waals surface area contributed by atoms with Gasteiger partial charge in [0, 0.05) is 22.8 Å². The van der Waals surface area contributed by atoms with Gasteiger partial charge < -0.3 is 15.7 Å². The van der Waals surface area contributed by atoms with Crippen LogP contribution in [0.2, 0.25) is 0 Å². The monoisotopic (exact) mass is 390 g/mol. The van der Waals surface area contributed by atoms with Crippen LogP contribution in [-0.2, 0) is 9.59 Å². The highest BCUT2D eigenvalue weighted by atomic mass is 33.1. The maximum Gasteiger partial charge on any atom is 0.337 e. The molecule has 1 aliphatic carbocycles. The minimum absolute atomic E-state index is 0.0940. The summed E-state index contributed by atoms with van der Waals surface area (Å²) in [5, 5.41) is 14.4. The van der Waals surface area contributed by atoms with Crippen LogP contribution in [-0.4, -0.2) is 28.6 Å². The molecule has 0 aromatic heterocycles. The van der Waals surface area contributed by atoms with Gasteiger partial charge in [0.1, 0.15) is 0 Å². The van der Waals surface area contributed by atoms with Gasteiger partial charge in [-0.05, 0) is 30.7 Å². The van der Waals surface area contributed by atoms with Crippen molar-refractivity contribution in [2.24, 2.45) is 0 Å². The maximum atomic E-state index is 12.1. The highest BCUT2D eigenvalue weighted by Gasteiger charge is 2.14. The molecule has 0 spiro atoms. The van der Waals surface area contributed by atoms with E-state index >= 15 is 0 Å². The summed E-state index contributed by atoms with van der Waals surface area (Å²) in [6.07, 6.45) is 8.54. The Balaban J connectivity index is 1.90. The lowest BCUT2D eigenvalue weighted by Gasteiger charge is -2.11. The van der Waals surface area contributed by atoms with Crippen molar-refractivity contribution in [3.63, 3.8) is 0 Å². The number of carbonyl (C=O) groups is 3. The molecule has 136 valence electrons. The Kier molecular flexibility index (Phi) is 7.55. The number of carboxylic acids is 1. The van der Waals surface area contributed by atoms with Gasteiger partial charge in [-0.15, -0.1) is 0 Å². The standard InChI is InChI=1S/C18H18N2O4S2/c1-2-16(21)19-12-7-8-15(14(11-12)18(23)24)20-17(22)9-10-25-26-13-5-3-4-6-13/h2-3,5-8,11H,1,4,9-10H2,(H,19,21)(H,20,22)(H,23,24). The predicted molar refractivity (Wildman–Crippen MR) is 107 cm³/mol. The average Bonchev–Trinajstić information content (AvgIpc) is 3.13. The van der Waals surface area contributed by atoms with Gasteiger partial charge in [-0.25, -0.2) is 4.79 Å². The van der Waals surface area contributed by atoms with E-state index in [2.05, 4.69) is 29.4 Å². The number of benzene rings is 1. The second-order valence-corrected chi connectivity index (χ2v) is 7.70. The smallest absolute Gasteiger partial charge is 0.337 e. The Morgan fingerprint density at radius 2 is 2.08 bits per heavy atom. The normalized spacial score (nSPS) is 12.4. The molecular weight excluding hydrogens is 372 g/mol. The minimum atomic E-state index is -1.19. The molecular formula is C18H18N2O4S2. The van der Waals surface area contributed by atoms with Gasteiger partial charge >= 0.3 is 5.97 Å². The van der Waals surface area contributed by atoms with Crippen molar-refractivity contribution in [3.05, 3.63) is 59.6 Å². The molecule has 1 aromatic rings. The minimum Gasteiger partial charge on any atom is -0.478 e. The maximum absolute atomic E-state index is 12.1. The van der Waals surface area contributed by atoms with E-state index in [1.807, 2.05) is 6.08 Å². The zero-order valence-electron chi connectivity index (χ0n) is 13.9. The lowest BCUT2D eigenvalue weighted by molar-refractivity contribution is -0.116. The van der Waals surface area contributed by atoms with Crippen molar-refractivity contribution in [2.75, 3.05) is 16.4 Å². The van der Waals surface area contributed by atoms with Gasteiger partial charge in [0.15, 0.2) is 0 Å². The second kappa shape index (κ2) is 9.88. The lowest BCUT2D eigenvalue weighted by Crippen LogP contribution is -2.16. The summed E-state index contributed by atoms with van der Waals surface area (Å²) < 4.78 is 0. The fourth-order valence-corrected chi connectivity index (χ4v) is 4.14. The first-order chi connectivity index (χ1) is 12.5. The molecule has 0 bridgehead atoms. The molecule has 26 heavy (non-hydrogen) atoms. The zero-order valence-corrected chi connectivity index (χ0v) is 15.5. The van der Waals surface area contributed by atoms with E-state index in [0.717, 1.165) is 12.5 Å². The Labute approximate surface area is 159 Å². The number of anilines is 2. The number of aromatic carboxylic acids is 1. The summed E-state index contributed by atoms with van der Waals surface area (Å²) in [4.78, 5) is 36.0. The molecule has 0 unspecified atom stereocenters. The highest BCUT2D eigenvalue weighted by molar-refractivity contribution is 8.78. The molecule has 0 heterocycles. The van der Waals surface area contributed by atoms with Crippen LogP contribution in [0.25, 0.3) is 0 Å². The van der Waals surface area contributed by atoms with Gasteiger partial charge in [0.2, 0.25) is 11.8 Å². The van der Waals surface area contributed by atoms with Gasteiger partial charge in [-0.3, -0.25) is 9.59 Å². The summed E-state index contributed by atoms with van der Waals surface area (Å²) in [5.41, 5.74) is 0.414. The van der Waals surface area contributed by atoms with E-state index in [1.165, 1.54) is 23.1 Å². The lowest BCUT2D eigenvalue weighted by atomic mass is 10.1. The SMILES string of the molecule is C=CC(=O)Nc1ccc(NC(=O)CCSSC2=CCC=C2)c(C(=O)O)c1. The van der Waals surface area contributed by atoms with Crippen LogP contribution in [0.1, 0.15) is 23.2 Å². The van der Waals surface area contributed by atoms with Crippen molar-refractivity contribution in [1.29, 1.82) is 0 Å². The van der Waals surface area contributed by atoms with E-state index in [1.54, 1.807) is 21.6 Å². The molecule has 0 fully saturated rings. The first kappa shape index (κ1) is 19.9. The fraction of sp³-hybridized carbons (Fsp3) is 0.167. The molecule has 2 rings (SSSR count). The van der Waals surface area contributed by atoms with Gasteiger partial charge in [-0.2, -0.15) is 0 Å². The Morgan fingerprint density at radius 1 is 1.27 bits per heavy atom. The molecule has 3 N–H and O–H groups in total. The van der Waals surface area contributed by atoms with Crippen molar-refractivity contribution >= 4 is 50.7 Å². The third-order valence-electron chi connectivity index (χ3n) is 3.28. The predicted octanol–water partition coefficient (Wildman–Crippen LogP) is 4.06. The molecule has 0 aliphatic heterocycles. The number of hydrogen-bond acceptors (Lipinski definition) is 5. The van der Waals surface area contributed by atoms with Crippen LogP contribution >= 0.6 is 21.6 Å². The summed E-state index contributed by atoms with van der Waals surface area (Å²) in [7, 11) is 3.19. The van der Waals surface area contributed by atoms with E-state index < -0.39 is 11.9 Å². The van der Waals surface area contributed by atoms with Crippen LogP contribution < -0.4 is 10.6 Å².